The Morgan fingerprint density at radius 1 is 1.16 bits per heavy atom. The molecule has 3 aliphatic rings. The van der Waals surface area contributed by atoms with Crippen LogP contribution in [0, 0.1) is 0 Å². The molecule has 4 rings (SSSR count). The van der Waals surface area contributed by atoms with Gasteiger partial charge in [-0.3, -0.25) is 14.6 Å². The third-order valence-electron chi connectivity index (χ3n) is 7.40. The van der Waals surface area contributed by atoms with Crippen molar-refractivity contribution in [2.45, 2.75) is 82.3 Å². The van der Waals surface area contributed by atoms with Crippen LogP contribution in [0.3, 0.4) is 0 Å². The second-order valence-electron chi connectivity index (χ2n) is 9.74. The van der Waals surface area contributed by atoms with E-state index in [2.05, 4.69) is 29.0 Å². The van der Waals surface area contributed by atoms with E-state index in [1.165, 1.54) is 6.92 Å². The zero-order chi connectivity index (χ0) is 22.4. The molecule has 1 aliphatic heterocycles. The number of hydrogen-bond acceptors (Lipinski definition) is 3. The lowest BCUT2D eigenvalue weighted by atomic mass is 9.67. The van der Waals surface area contributed by atoms with E-state index in [0.717, 1.165) is 44.6 Å². The number of carbonyl (C=O) groups is 1. The monoisotopic (exact) mass is 453 g/mol. The first-order valence-corrected chi connectivity index (χ1v) is 12.0. The first kappa shape index (κ1) is 22.9. The van der Waals surface area contributed by atoms with Crippen LogP contribution < -0.4 is 5.32 Å². The van der Waals surface area contributed by atoms with Crippen LogP contribution in [0.15, 0.2) is 18.2 Å². The largest absolute Gasteiger partial charge is 0.340 e. The summed E-state index contributed by atoms with van der Waals surface area (Å²) in [5.41, 5.74) is -0.427. The van der Waals surface area contributed by atoms with Gasteiger partial charge in [-0.25, -0.2) is 8.78 Å². The van der Waals surface area contributed by atoms with Gasteiger partial charge in [0.25, 0.3) is 5.92 Å². The molecule has 1 aromatic rings. The predicted octanol–water partition coefficient (Wildman–Crippen LogP) is 4.76. The normalized spacial score (nSPS) is 29.8. The Bertz CT molecular complexity index is 821. The van der Waals surface area contributed by atoms with Crippen molar-refractivity contribution >= 4 is 17.5 Å². The molecule has 2 atom stereocenters. The van der Waals surface area contributed by atoms with Crippen molar-refractivity contribution in [3.8, 4) is 0 Å². The topological polar surface area (TPSA) is 35.6 Å². The molecule has 3 fully saturated rings. The van der Waals surface area contributed by atoms with E-state index in [-0.39, 0.29) is 12.3 Å². The summed E-state index contributed by atoms with van der Waals surface area (Å²) in [5, 5.41) is 3.37. The maximum absolute atomic E-state index is 16.1. The van der Waals surface area contributed by atoms with Crippen molar-refractivity contribution in [2.24, 2.45) is 0 Å². The van der Waals surface area contributed by atoms with Crippen LogP contribution in [-0.4, -0.2) is 59.9 Å². The van der Waals surface area contributed by atoms with E-state index in [9.17, 15) is 4.79 Å². The summed E-state index contributed by atoms with van der Waals surface area (Å²) in [7, 11) is 0. The second kappa shape index (κ2) is 8.60. The molecule has 1 N–H and O–H groups in total. The van der Waals surface area contributed by atoms with Gasteiger partial charge in [-0.1, -0.05) is 23.7 Å². The molecule has 1 aromatic carbocycles. The molecule has 0 radical (unpaired) electrons. The molecule has 1 amide bonds. The molecule has 0 unspecified atom stereocenters. The van der Waals surface area contributed by atoms with Gasteiger partial charge in [-0.05, 0) is 62.6 Å². The molecule has 0 aromatic heterocycles. The number of nitrogens with zero attached hydrogens (tertiary/aromatic N) is 2. The Kier molecular flexibility index (Phi) is 6.36. The fourth-order valence-electron chi connectivity index (χ4n) is 5.76. The van der Waals surface area contributed by atoms with Gasteiger partial charge in [-0.2, -0.15) is 0 Å². The maximum Gasteiger partial charge on any atom is 0.276 e. The van der Waals surface area contributed by atoms with Crippen molar-refractivity contribution in [2.75, 3.05) is 26.2 Å². The van der Waals surface area contributed by atoms with E-state index in [0.29, 0.717) is 29.5 Å². The quantitative estimate of drug-likeness (QED) is 0.698. The molecule has 0 spiro atoms. The van der Waals surface area contributed by atoms with Crippen LogP contribution in [0.25, 0.3) is 0 Å². The fraction of sp³-hybridized carbons (Fsp3) is 0.708. The lowest BCUT2D eigenvalue weighted by molar-refractivity contribution is -0.167. The van der Waals surface area contributed by atoms with Gasteiger partial charge in [0.2, 0.25) is 5.91 Å². The molecular weight excluding hydrogens is 420 g/mol. The minimum absolute atomic E-state index is 0.200. The van der Waals surface area contributed by atoms with E-state index in [1.54, 1.807) is 18.2 Å². The molecular formula is C24H34ClF2N3O. The van der Waals surface area contributed by atoms with Gasteiger partial charge in [0, 0.05) is 56.6 Å². The van der Waals surface area contributed by atoms with Crippen LogP contribution in [0.5, 0.6) is 0 Å². The highest BCUT2D eigenvalue weighted by molar-refractivity contribution is 6.31. The Hall–Kier alpha value is -1.24. The molecule has 2 saturated carbocycles. The van der Waals surface area contributed by atoms with Gasteiger partial charge < -0.3 is 5.32 Å². The lowest BCUT2D eigenvalue weighted by Gasteiger charge is -2.55. The predicted molar refractivity (Wildman–Crippen MR) is 120 cm³/mol. The van der Waals surface area contributed by atoms with Gasteiger partial charge in [0.05, 0.1) is 0 Å². The maximum atomic E-state index is 16.1. The summed E-state index contributed by atoms with van der Waals surface area (Å²) in [6.07, 6.45) is 2.76. The summed E-state index contributed by atoms with van der Waals surface area (Å²) in [6, 6.07) is 5.30. The lowest BCUT2D eigenvalue weighted by Crippen LogP contribution is -2.71. The fourth-order valence-corrected chi connectivity index (χ4v) is 6.09. The zero-order valence-electron chi connectivity index (χ0n) is 18.8. The van der Waals surface area contributed by atoms with E-state index in [4.69, 9.17) is 11.6 Å². The highest BCUT2D eigenvalue weighted by Crippen LogP contribution is 2.55. The summed E-state index contributed by atoms with van der Waals surface area (Å²) in [4.78, 5) is 17.0. The summed E-state index contributed by atoms with van der Waals surface area (Å²) < 4.78 is 32.2. The third-order valence-corrected chi connectivity index (χ3v) is 7.73. The molecule has 7 heteroatoms. The van der Waals surface area contributed by atoms with Gasteiger partial charge in [0.15, 0.2) is 0 Å². The number of halogens is 3. The smallest absolute Gasteiger partial charge is 0.276 e. The Morgan fingerprint density at radius 2 is 1.84 bits per heavy atom. The van der Waals surface area contributed by atoms with Crippen LogP contribution in [0.1, 0.15) is 69.9 Å². The molecule has 2 aliphatic carbocycles. The van der Waals surface area contributed by atoms with Gasteiger partial charge in [-0.15, -0.1) is 0 Å². The van der Waals surface area contributed by atoms with E-state index < -0.39 is 23.4 Å². The van der Waals surface area contributed by atoms with Crippen molar-refractivity contribution in [1.29, 1.82) is 0 Å². The highest BCUT2D eigenvalue weighted by atomic mass is 35.5. The average Bonchev–Trinajstić information content (AvgIpc) is 3.54. The molecule has 1 heterocycles. The number of piperazine rings is 1. The van der Waals surface area contributed by atoms with Gasteiger partial charge in [0.1, 0.15) is 5.54 Å². The second-order valence-corrected chi connectivity index (χ2v) is 10.1. The Labute approximate surface area is 189 Å². The average molecular weight is 454 g/mol. The molecule has 1 saturated heterocycles. The first-order valence-electron chi connectivity index (χ1n) is 11.6. The van der Waals surface area contributed by atoms with Crippen LogP contribution in [-0.2, 0) is 10.3 Å². The summed E-state index contributed by atoms with van der Waals surface area (Å²) in [6.45, 7) is 8.82. The minimum atomic E-state index is -3.06. The number of rotatable bonds is 5. The van der Waals surface area contributed by atoms with Crippen molar-refractivity contribution in [3.05, 3.63) is 34.3 Å². The van der Waals surface area contributed by atoms with Gasteiger partial charge >= 0.3 is 0 Å². The van der Waals surface area contributed by atoms with E-state index >= 15 is 8.78 Å². The molecule has 4 nitrogen and oxygen atoms in total. The first-order chi connectivity index (χ1) is 14.7. The van der Waals surface area contributed by atoms with E-state index in [1.807, 2.05) is 0 Å². The van der Waals surface area contributed by atoms with Crippen LogP contribution in [0.2, 0.25) is 5.02 Å². The van der Waals surface area contributed by atoms with Crippen molar-refractivity contribution in [1.82, 2.24) is 15.1 Å². The third kappa shape index (κ3) is 4.11. The van der Waals surface area contributed by atoms with Crippen molar-refractivity contribution in [3.63, 3.8) is 0 Å². The summed E-state index contributed by atoms with van der Waals surface area (Å²) in [5.74, 6) is -3.29. The number of hydrogen-bond donors (Lipinski definition) is 1. The number of carbonyl (C=O) groups excluding carboxylic acids is 1. The minimum Gasteiger partial charge on any atom is -0.340 e. The Morgan fingerprint density at radius 3 is 2.42 bits per heavy atom. The molecule has 172 valence electrons. The highest BCUT2D eigenvalue weighted by Gasteiger charge is 2.64. The summed E-state index contributed by atoms with van der Waals surface area (Å²) >= 11 is 6.58. The number of benzene rings is 1. The molecule has 0 bridgehead atoms. The van der Waals surface area contributed by atoms with Crippen molar-refractivity contribution < 1.29 is 13.6 Å². The van der Waals surface area contributed by atoms with Crippen LogP contribution >= 0.6 is 11.6 Å². The zero-order valence-corrected chi connectivity index (χ0v) is 19.5. The number of amides is 1. The standard InChI is InChI=1S/C24H34ClF2N3O/c1-16(2)29-12-14-30(15-13-29)21-8-5-11-23(26,27)24(21,28-17(3)31)19-6-4-7-20(25)22(19)18-9-10-18/h4,6-7,16,18,21H,5,8-15H2,1-3H3,(H,28,31)/t21-,24+/m0/s1. The number of nitrogens with one attached hydrogen (secondary N) is 1. The molecule has 31 heavy (non-hydrogen) atoms. The Balaban J connectivity index is 1.82. The SMILES string of the molecule is CC(=O)N[C@]1(c2cccc(Cl)c2C2CC2)[C@@H](N2CCN(C(C)C)CC2)CCCC1(F)F. The number of alkyl halides is 2. The van der Waals surface area contributed by atoms with Crippen LogP contribution in [0.4, 0.5) is 8.78 Å².